The van der Waals surface area contributed by atoms with E-state index < -0.39 is 23.9 Å². The van der Waals surface area contributed by atoms with Crippen molar-refractivity contribution in [2.45, 2.75) is 130 Å². The molecule has 0 saturated carbocycles. The van der Waals surface area contributed by atoms with E-state index in [9.17, 15) is 24.3 Å². The van der Waals surface area contributed by atoms with Crippen LogP contribution in [0.3, 0.4) is 0 Å². The summed E-state index contributed by atoms with van der Waals surface area (Å²) in [5.41, 5.74) is 0. The minimum atomic E-state index is -0.932. The van der Waals surface area contributed by atoms with Crippen molar-refractivity contribution in [2.24, 2.45) is 0 Å². The molecule has 0 bridgehead atoms. The number of rotatable bonds is 16. The van der Waals surface area contributed by atoms with Crippen LogP contribution in [0.15, 0.2) is 0 Å². The van der Waals surface area contributed by atoms with Crippen molar-refractivity contribution >= 4 is 23.9 Å². The zero-order valence-corrected chi connectivity index (χ0v) is 24.3. The van der Waals surface area contributed by atoms with Crippen LogP contribution < -0.4 is 5.11 Å². The first-order chi connectivity index (χ1) is 15.1. The van der Waals surface area contributed by atoms with Gasteiger partial charge in [0.05, 0.1) is 0 Å². The molecule has 0 unspecified atom stereocenters. The number of aliphatic carboxylic acids is 4. The molecule has 0 spiro atoms. The number of hydrogen-bond donors (Lipinski definition) is 3. The fourth-order valence-corrected chi connectivity index (χ4v) is 2.10. The molecule has 0 aromatic rings. The zero-order chi connectivity index (χ0) is 25.6. The molecule has 33 heavy (non-hydrogen) atoms. The van der Waals surface area contributed by atoms with E-state index in [4.69, 9.17) is 15.3 Å². The van der Waals surface area contributed by atoms with Crippen LogP contribution >= 0.6 is 0 Å². The zero-order valence-electron chi connectivity index (χ0n) is 21.2. The van der Waals surface area contributed by atoms with Crippen molar-refractivity contribution < 1.29 is 81.4 Å². The standard InChI is InChI=1S/4C6H12O2.Ce/c4*1-2-3-4-5-6(7)8;/h4*2-5H2,1H3,(H,7,8);/p-1. The van der Waals surface area contributed by atoms with Crippen LogP contribution in [0.4, 0.5) is 0 Å². The normalized spacial score (nSPS) is 8.85. The molecule has 8 nitrogen and oxygen atoms in total. The molecule has 0 heterocycles. The summed E-state index contributed by atoms with van der Waals surface area (Å²) in [6.45, 7) is 8.21. The van der Waals surface area contributed by atoms with Crippen LogP contribution in [0.2, 0.25) is 0 Å². The van der Waals surface area contributed by atoms with Gasteiger partial charge in [-0.05, 0) is 32.1 Å². The first-order valence-electron chi connectivity index (χ1n) is 11.9. The van der Waals surface area contributed by atoms with Crippen molar-refractivity contribution in [1.29, 1.82) is 0 Å². The quantitative estimate of drug-likeness (QED) is 0.202. The summed E-state index contributed by atoms with van der Waals surface area (Å²) in [6, 6.07) is 0. The Morgan fingerprint density at radius 2 is 0.697 bits per heavy atom. The van der Waals surface area contributed by atoms with Crippen molar-refractivity contribution in [1.82, 2.24) is 0 Å². The Labute approximate surface area is 234 Å². The van der Waals surface area contributed by atoms with Gasteiger partial charge in [-0.15, -0.1) is 0 Å². The van der Waals surface area contributed by atoms with Crippen LogP contribution in [0.5, 0.6) is 0 Å². The fourth-order valence-electron chi connectivity index (χ4n) is 2.10. The van der Waals surface area contributed by atoms with Gasteiger partial charge in [-0.25, -0.2) is 0 Å². The maximum Gasteiger partial charge on any atom is 0.303 e. The number of unbranched alkanes of at least 4 members (excludes halogenated alkanes) is 8. The van der Waals surface area contributed by atoms with E-state index >= 15 is 0 Å². The van der Waals surface area contributed by atoms with Gasteiger partial charge in [-0.3, -0.25) is 14.4 Å². The number of carboxylic acids is 4. The number of carbonyl (C=O) groups is 4. The summed E-state index contributed by atoms with van der Waals surface area (Å²) < 4.78 is 0. The van der Waals surface area contributed by atoms with E-state index in [2.05, 4.69) is 20.8 Å². The smallest absolute Gasteiger partial charge is 0.303 e. The molecule has 3 N–H and O–H groups in total. The second kappa shape index (κ2) is 38.5. The van der Waals surface area contributed by atoms with Crippen molar-refractivity contribution in [2.75, 3.05) is 0 Å². The van der Waals surface area contributed by atoms with Crippen molar-refractivity contribution in [3.8, 4) is 0 Å². The summed E-state index contributed by atoms with van der Waals surface area (Å²) >= 11 is 0. The van der Waals surface area contributed by atoms with Gasteiger partial charge in [-0.1, -0.05) is 79.1 Å². The van der Waals surface area contributed by atoms with Crippen LogP contribution in [0, 0.1) is 41.7 Å². The van der Waals surface area contributed by atoms with E-state index in [-0.39, 0.29) is 48.2 Å². The van der Waals surface area contributed by atoms with E-state index in [0.29, 0.717) is 19.3 Å². The minimum absolute atomic E-state index is 0. The van der Waals surface area contributed by atoms with Crippen LogP contribution in [0.25, 0.3) is 0 Å². The third-order valence-corrected chi connectivity index (χ3v) is 3.97. The SMILES string of the molecule is CCCCCC(=O)O.CCCCCC(=O)O.CCCCCC(=O)O.CCCCCC(=O)[O-].[Ce]. The predicted octanol–water partition coefficient (Wildman–Crippen LogP) is 5.27. The van der Waals surface area contributed by atoms with Crippen LogP contribution in [-0.4, -0.2) is 39.2 Å². The Balaban J connectivity index is -0.000000105. The van der Waals surface area contributed by atoms with Crippen molar-refractivity contribution in [3.63, 3.8) is 0 Å². The van der Waals surface area contributed by atoms with Crippen LogP contribution in [-0.2, 0) is 19.2 Å². The van der Waals surface area contributed by atoms with E-state index in [0.717, 1.165) is 77.0 Å². The second-order valence-corrected chi connectivity index (χ2v) is 7.38. The average Bonchev–Trinajstić information content (AvgIpc) is 2.69. The Morgan fingerprint density at radius 3 is 0.848 bits per heavy atom. The van der Waals surface area contributed by atoms with Crippen molar-refractivity contribution in [3.05, 3.63) is 0 Å². The van der Waals surface area contributed by atoms with E-state index in [1.165, 1.54) is 0 Å². The fraction of sp³-hybridized carbons (Fsp3) is 0.833. The maximum atomic E-state index is 9.87. The molecule has 9 heteroatoms. The topological polar surface area (TPSA) is 152 Å². The molecule has 0 rings (SSSR count). The molecule has 0 aromatic heterocycles. The molecule has 0 fully saturated rings. The van der Waals surface area contributed by atoms with Gasteiger partial charge in [0.1, 0.15) is 0 Å². The molecular formula is C24H47CeO8-. The van der Waals surface area contributed by atoms with Gasteiger partial charge in [0, 0.05) is 67.0 Å². The Bertz CT molecular complexity index is 362. The van der Waals surface area contributed by atoms with Gasteiger partial charge in [0.25, 0.3) is 0 Å². The van der Waals surface area contributed by atoms with Gasteiger partial charge < -0.3 is 25.2 Å². The van der Waals surface area contributed by atoms with E-state index in [1.54, 1.807) is 0 Å². The number of carboxylic acid groups (broad SMARTS) is 4. The van der Waals surface area contributed by atoms with Gasteiger partial charge in [0.15, 0.2) is 0 Å². The largest absolute Gasteiger partial charge is 0.550 e. The summed E-state index contributed by atoms with van der Waals surface area (Å²) in [6.07, 6.45) is 12.9. The maximum absolute atomic E-state index is 9.87. The summed E-state index contributed by atoms with van der Waals surface area (Å²) in [5.74, 6) is -2.98. The molecule has 0 amide bonds. The summed E-state index contributed by atoms with van der Waals surface area (Å²) in [5, 5.41) is 34.2. The molecule has 0 aliphatic carbocycles. The average molecular weight is 604 g/mol. The summed E-state index contributed by atoms with van der Waals surface area (Å²) in [4.78, 5) is 39.4. The Kier molecular flexibility index (Phi) is 49.5. The molecular weight excluding hydrogens is 556 g/mol. The Morgan fingerprint density at radius 1 is 0.485 bits per heavy atom. The molecule has 0 aromatic carbocycles. The van der Waals surface area contributed by atoms with E-state index in [1.807, 2.05) is 6.92 Å². The van der Waals surface area contributed by atoms with Gasteiger partial charge >= 0.3 is 17.9 Å². The minimum Gasteiger partial charge on any atom is -0.550 e. The molecule has 0 atom stereocenters. The third kappa shape index (κ3) is 72.1. The molecule has 0 aliphatic heterocycles. The monoisotopic (exact) mass is 603 g/mol. The number of hydrogen-bond acceptors (Lipinski definition) is 5. The van der Waals surface area contributed by atoms with Gasteiger partial charge in [-0.2, -0.15) is 0 Å². The van der Waals surface area contributed by atoms with Gasteiger partial charge in [0.2, 0.25) is 0 Å². The van der Waals surface area contributed by atoms with Crippen LogP contribution in [0.1, 0.15) is 130 Å². The molecule has 196 valence electrons. The molecule has 0 aliphatic rings. The molecule has 0 radical (unpaired) electrons. The second-order valence-electron chi connectivity index (χ2n) is 7.38. The Hall–Kier alpha value is -0.743. The number of carbonyl (C=O) groups excluding carboxylic acids is 1. The third-order valence-electron chi connectivity index (χ3n) is 3.97. The predicted molar refractivity (Wildman–Crippen MR) is 124 cm³/mol. The first-order valence-corrected chi connectivity index (χ1v) is 11.9. The molecule has 0 saturated heterocycles. The summed E-state index contributed by atoms with van der Waals surface area (Å²) in [7, 11) is 0. The first kappa shape index (κ1) is 42.4.